The Morgan fingerprint density at radius 2 is 2.11 bits per heavy atom. The molecule has 0 radical (unpaired) electrons. The molecule has 0 spiro atoms. The average Bonchev–Trinajstić information content (AvgIpc) is 2.84. The fourth-order valence-corrected chi connectivity index (χ4v) is 1.93. The number of hydrogen-bond acceptors (Lipinski definition) is 5. The normalized spacial score (nSPS) is 12.4. The number of nitrogens with zero attached hydrogens (tertiary/aromatic N) is 4. The predicted octanol–water partition coefficient (Wildman–Crippen LogP) is 1.01. The van der Waals surface area contributed by atoms with Crippen molar-refractivity contribution in [2.75, 3.05) is 14.2 Å². The highest BCUT2D eigenvalue weighted by Crippen LogP contribution is 2.27. The van der Waals surface area contributed by atoms with Gasteiger partial charge in [0.25, 0.3) is 0 Å². The Hall–Kier alpha value is -1.95. The lowest BCUT2D eigenvalue weighted by Gasteiger charge is -2.17. The third-order valence-electron chi connectivity index (χ3n) is 2.77. The number of methoxy groups -OCH3 is 1. The lowest BCUT2D eigenvalue weighted by Crippen LogP contribution is -2.24. The van der Waals surface area contributed by atoms with E-state index in [9.17, 15) is 0 Å². The van der Waals surface area contributed by atoms with Crippen molar-refractivity contribution in [1.82, 2.24) is 25.1 Å². The summed E-state index contributed by atoms with van der Waals surface area (Å²) in [6.07, 6.45) is 5.17. The second-order valence-electron chi connectivity index (χ2n) is 3.74. The van der Waals surface area contributed by atoms with Gasteiger partial charge in [0.05, 0.1) is 13.3 Å². The van der Waals surface area contributed by atoms with Crippen LogP contribution in [0.25, 0.3) is 0 Å². The molecule has 0 saturated heterocycles. The molecular formula is C12H17N5O. The van der Waals surface area contributed by atoms with E-state index in [-0.39, 0.29) is 6.04 Å². The van der Waals surface area contributed by atoms with Crippen molar-refractivity contribution >= 4 is 0 Å². The lowest BCUT2D eigenvalue weighted by molar-refractivity contribution is 0.399. The standard InChI is InChI=1S/C12H17N5O/c1-4-17-11(9(18-3)8-16-17)10(13-2)12-14-6-5-7-15-12/h5-8,10,13H,4H2,1-3H3. The summed E-state index contributed by atoms with van der Waals surface area (Å²) < 4.78 is 7.24. The van der Waals surface area contributed by atoms with Gasteiger partial charge in [0, 0.05) is 18.9 Å². The summed E-state index contributed by atoms with van der Waals surface area (Å²) in [4.78, 5) is 8.57. The van der Waals surface area contributed by atoms with Gasteiger partial charge in [0.2, 0.25) is 0 Å². The van der Waals surface area contributed by atoms with Gasteiger partial charge in [-0.25, -0.2) is 9.97 Å². The lowest BCUT2D eigenvalue weighted by atomic mass is 10.1. The molecule has 1 N–H and O–H groups in total. The van der Waals surface area contributed by atoms with Gasteiger partial charge < -0.3 is 10.1 Å². The summed E-state index contributed by atoms with van der Waals surface area (Å²) in [7, 11) is 3.51. The van der Waals surface area contributed by atoms with E-state index in [1.807, 2.05) is 18.7 Å². The number of nitrogens with one attached hydrogen (secondary N) is 1. The molecule has 6 nitrogen and oxygen atoms in total. The van der Waals surface area contributed by atoms with Gasteiger partial charge in [0.1, 0.15) is 11.7 Å². The highest BCUT2D eigenvalue weighted by molar-refractivity contribution is 5.32. The zero-order valence-corrected chi connectivity index (χ0v) is 10.8. The monoisotopic (exact) mass is 247 g/mol. The van der Waals surface area contributed by atoms with Gasteiger partial charge in [0.15, 0.2) is 11.6 Å². The topological polar surface area (TPSA) is 64.9 Å². The second kappa shape index (κ2) is 5.59. The quantitative estimate of drug-likeness (QED) is 0.854. The van der Waals surface area contributed by atoms with E-state index >= 15 is 0 Å². The van der Waals surface area contributed by atoms with Crippen LogP contribution in [0.2, 0.25) is 0 Å². The van der Waals surface area contributed by atoms with Crippen molar-refractivity contribution in [1.29, 1.82) is 0 Å². The molecule has 1 atom stereocenters. The molecule has 2 aromatic rings. The van der Waals surface area contributed by atoms with Crippen LogP contribution in [-0.4, -0.2) is 33.9 Å². The van der Waals surface area contributed by atoms with E-state index < -0.39 is 0 Å². The Morgan fingerprint density at radius 3 is 2.67 bits per heavy atom. The van der Waals surface area contributed by atoms with E-state index in [1.165, 1.54) is 0 Å². The van der Waals surface area contributed by atoms with E-state index in [0.29, 0.717) is 5.82 Å². The van der Waals surface area contributed by atoms with Gasteiger partial charge in [-0.1, -0.05) is 0 Å². The summed E-state index contributed by atoms with van der Waals surface area (Å²) in [6.45, 7) is 2.80. The van der Waals surface area contributed by atoms with Crippen LogP contribution in [0.15, 0.2) is 24.7 Å². The van der Waals surface area contributed by atoms with Crippen molar-refractivity contribution in [3.63, 3.8) is 0 Å². The molecule has 0 aliphatic heterocycles. The summed E-state index contributed by atoms with van der Waals surface area (Å²) in [5.74, 6) is 1.44. The number of aryl methyl sites for hydroxylation is 1. The maximum atomic E-state index is 5.35. The molecule has 2 rings (SSSR count). The SMILES string of the molecule is CCn1ncc(OC)c1C(NC)c1ncccn1. The Morgan fingerprint density at radius 1 is 1.39 bits per heavy atom. The Balaban J connectivity index is 2.47. The maximum absolute atomic E-state index is 5.35. The summed E-state index contributed by atoms with van der Waals surface area (Å²) in [5, 5.41) is 7.50. The predicted molar refractivity (Wildman–Crippen MR) is 67.4 cm³/mol. The van der Waals surface area contributed by atoms with Crippen molar-refractivity contribution in [2.45, 2.75) is 19.5 Å². The third kappa shape index (κ3) is 2.19. The van der Waals surface area contributed by atoms with Gasteiger partial charge in [-0.3, -0.25) is 4.68 Å². The first-order valence-electron chi connectivity index (χ1n) is 5.85. The third-order valence-corrected chi connectivity index (χ3v) is 2.77. The zero-order chi connectivity index (χ0) is 13.0. The molecule has 6 heteroatoms. The van der Waals surface area contributed by atoms with Crippen LogP contribution in [0.1, 0.15) is 24.5 Å². The van der Waals surface area contributed by atoms with Crippen molar-refractivity contribution in [3.8, 4) is 5.75 Å². The van der Waals surface area contributed by atoms with Crippen LogP contribution in [0.4, 0.5) is 0 Å². The van der Waals surface area contributed by atoms with Gasteiger partial charge in [-0.05, 0) is 20.0 Å². The fraction of sp³-hybridized carbons (Fsp3) is 0.417. The molecule has 0 amide bonds. The van der Waals surface area contributed by atoms with Crippen LogP contribution in [-0.2, 0) is 6.54 Å². The number of aromatic nitrogens is 4. The van der Waals surface area contributed by atoms with E-state index in [2.05, 4.69) is 20.4 Å². The number of hydrogen-bond donors (Lipinski definition) is 1. The molecule has 2 aromatic heterocycles. The molecule has 0 fully saturated rings. The Bertz CT molecular complexity index is 475. The smallest absolute Gasteiger partial charge is 0.162 e. The number of rotatable bonds is 5. The van der Waals surface area contributed by atoms with Crippen molar-refractivity contribution in [2.24, 2.45) is 0 Å². The number of ether oxygens (including phenoxy) is 1. The van der Waals surface area contributed by atoms with Gasteiger partial charge >= 0.3 is 0 Å². The molecule has 2 heterocycles. The first-order chi connectivity index (χ1) is 8.81. The molecular weight excluding hydrogens is 230 g/mol. The highest BCUT2D eigenvalue weighted by Gasteiger charge is 2.23. The maximum Gasteiger partial charge on any atom is 0.162 e. The van der Waals surface area contributed by atoms with E-state index in [0.717, 1.165) is 18.0 Å². The van der Waals surface area contributed by atoms with Gasteiger partial charge in [-0.15, -0.1) is 0 Å². The van der Waals surface area contributed by atoms with Crippen LogP contribution >= 0.6 is 0 Å². The first-order valence-corrected chi connectivity index (χ1v) is 5.85. The van der Waals surface area contributed by atoms with Crippen molar-refractivity contribution in [3.05, 3.63) is 36.2 Å². The highest BCUT2D eigenvalue weighted by atomic mass is 16.5. The summed E-state index contributed by atoms with van der Waals surface area (Å²) in [6, 6.07) is 1.66. The van der Waals surface area contributed by atoms with E-state index in [1.54, 1.807) is 31.8 Å². The summed E-state index contributed by atoms with van der Waals surface area (Å²) in [5.41, 5.74) is 0.939. The molecule has 0 aliphatic rings. The molecule has 0 bridgehead atoms. The first kappa shape index (κ1) is 12.5. The molecule has 0 aliphatic carbocycles. The van der Waals surface area contributed by atoms with Crippen molar-refractivity contribution < 1.29 is 4.74 Å². The molecule has 18 heavy (non-hydrogen) atoms. The average molecular weight is 247 g/mol. The molecule has 96 valence electrons. The molecule has 0 aromatic carbocycles. The van der Waals surface area contributed by atoms with Gasteiger partial charge in [-0.2, -0.15) is 5.10 Å². The minimum Gasteiger partial charge on any atom is -0.493 e. The summed E-state index contributed by atoms with van der Waals surface area (Å²) >= 11 is 0. The largest absolute Gasteiger partial charge is 0.493 e. The Labute approximate surface area is 106 Å². The van der Waals surface area contributed by atoms with E-state index in [4.69, 9.17) is 4.74 Å². The van der Waals surface area contributed by atoms with Crippen LogP contribution in [0.3, 0.4) is 0 Å². The van der Waals surface area contributed by atoms with Crippen LogP contribution in [0, 0.1) is 0 Å². The molecule has 1 unspecified atom stereocenters. The second-order valence-corrected chi connectivity index (χ2v) is 3.74. The minimum absolute atomic E-state index is 0.136. The zero-order valence-electron chi connectivity index (χ0n) is 10.8. The van der Waals surface area contributed by atoms with Crippen LogP contribution in [0.5, 0.6) is 5.75 Å². The minimum atomic E-state index is -0.136. The van der Waals surface area contributed by atoms with Crippen LogP contribution < -0.4 is 10.1 Å². The fourth-order valence-electron chi connectivity index (χ4n) is 1.93. The Kier molecular flexibility index (Phi) is 3.88. The molecule has 0 saturated carbocycles.